The third-order valence-electron chi connectivity index (χ3n) is 2.35. The first kappa shape index (κ1) is 9.68. The van der Waals surface area contributed by atoms with E-state index >= 15 is 0 Å². The summed E-state index contributed by atoms with van der Waals surface area (Å²) in [6.07, 6.45) is -1.46. The van der Waals surface area contributed by atoms with Crippen LogP contribution in [0.3, 0.4) is 0 Å². The van der Waals surface area contributed by atoms with Crippen LogP contribution >= 0.6 is 0 Å². The van der Waals surface area contributed by atoms with Crippen molar-refractivity contribution in [2.24, 2.45) is 0 Å². The quantitative estimate of drug-likeness (QED) is 0.782. The number of fused-ring (bicyclic) bond motifs is 1. The van der Waals surface area contributed by atoms with E-state index in [9.17, 15) is 9.90 Å². The molecule has 0 aromatic heterocycles. The van der Waals surface area contributed by atoms with Crippen LogP contribution in [0.25, 0.3) is 10.8 Å². The summed E-state index contributed by atoms with van der Waals surface area (Å²) < 4.78 is 0. The van der Waals surface area contributed by atoms with Crippen LogP contribution in [-0.4, -0.2) is 16.2 Å². The Bertz CT molecular complexity index is 500. The van der Waals surface area contributed by atoms with Crippen LogP contribution in [0.15, 0.2) is 42.5 Å². The van der Waals surface area contributed by atoms with Gasteiger partial charge in [0.1, 0.15) is 0 Å². The number of hydrogen-bond donors (Lipinski definition) is 2. The molecule has 1 atom stereocenters. The summed E-state index contributed by atoms with van der Waals surface area (Å²) in [5, 5.41) is 19.9. The van der Waals surface area contributed by atoms with E-state index in [0.29, 0.717) is 5.56 Å². The van der Waals surface area contributed by atoms with E-state index in [0.717, 1.165) is 10.8 Å². The van der Waals surface area contributed by atoms with Gasteiger partial charge in [0, 0.05) is 0 Å². The third kappa shape index (κ3) is 1.69. The van der Waals surface area contributed by atoms with Crippen molar-refractivity contribution >= 4 is 16.7 Å². The maximum atomic E-state index is 10.7. The molecule has 0 bridgehead atoms. The van der Waals surface area contributed by atoms with Gasteiger partial charge in [0.15, 0.2) is 6.10 Å². The zero-order chi connectivity index (χ0) is 10.8. The minimum absolute atomic E-state index is 0.431. The highest BCUT2D eigenvalue weighted by Gasteiger charge is 2.17. The van der Waals surface area contributed by atoms with Crippen molar-refractivity contribution < 1.29 is 15.0 Å². The molecule has 0 fully saturated rings. The largest absolute Gasteiger partial charge is 0.479 e. The number of aliphatic carboxylic acids is 1. The predicted octanol–water partition coefficient (Wildman–Crippen LogP) is 1.96. The van der Waals surface area contributed by atoms with E-state index in [1.54, 1.807) is 18.2 Å². The maximum absolute atomic E-state index is 10.7. The van der Waals surface area contributed by atoms with Crippen LogP contribution in [0.5, 0.6) is 0 Å². The lowest BCUT2D eigenvalue weighted by Crippen LogP contribution is -2.10. The number of aliphatic hydroxyl groups excluding tert-OH is 1. The van der Waals surface area contributed by atoms with Crippen LogP contribution in [0.2, 0.25) is 0 Å². The number of hydrogen-bond acceptors (Lipinski definition) is 2. The van der Waals surface area contributed by atoms with E-state index in [2.05, 4.69) is 0 Å². The molecule has 1 unspecified atom stereocenters. The van der Waals surface area contributed by atoms with Crippen LogP contribution in [0.1, 0.15) is 11.7 Å². The Morgan fingerprint density at radius 2 is 1.73 bits per heavy atom. The average molecular weight is 202 g/mol. The molecule has 0 radical (unpaired) electrons. The summed E-state index contributed by atoms with van der Waals surface area (Å²) in [6.45, 7) is 0. The molecule has 3 heteroatoms. The van der Waals surface area contributed by atoms with E-state index in [1.807, 2.05) is 24.3 Å². The molecule has 2 rings (SSSR count). The van der Waals surface area contributed by atoms with Crippen molar-refractivity contribution in [2.75, 3.05) is 0 Å². The fourth-order valence-electron chi connectivity index (χ4n) is 1.62. The zero-order valence-electron chi connectivity index (χ0n) is 7.92. The van der Waals surface area contributed by atoms with Crippen LogP contribution in [0, 0.1) is 0 Å². The minimum atomic E-state index is -1.46. The number of rotatable bonds is 2. The van der Waals surface area contributed by atoms with Crippen LogP contribution < -0.4 is 0 Å². The Labute approximate surface area is 86.6 Å². The van der Waals surface area contributed by atoms with Crippen molar-refractivity contribution in [3.8, 4) is 0 Å². The molecule has 0 heterocycles. The lowest BCUT2D eigenvalue weighted by atomic mass is 10.0. The Hall–Kier alpha value is -1.87. The van der Waals surface area contributed by atoms with Gasteiger partial charge in [-0.3, -0.25) is 0 Å². The number of aliphatic hydroxyl groups is 1. The molecule has 0 saturated carbocycles. The molecule has 0 amide bonds. The average Bonchev–Trinajstić information content (AvgIpc) is 2.27. The first-order valence-electron chi connectivity index (χ1n) is 4.58. The number of benzene rings is 2. The monoisotopic (exact) mass is 202 g/mol. The summed E-state index contributed by atoms with van der Waals surface area (Å²) in [7, 11) is 0. The van der Waals surface area contributed by atoms with Gasteiger partial charge in [-0.05, 0) is 16.3 Å². The fraction of sp³-hybridized carbons (Fsp3) is 0.0833. The molecular weight excluding hydrogens is 192 g/mol. The van der Waals surface area contributed by atoms with E-state index < -0.39 is 12.1 Å². The van der Waals surface area contributed by atoms with Crippen molar-refractivity contribution in [3.63, 3.8) is 0 Å². The van der Waals surface area contributed by atoms with Gasteiger partial charge in [0.25, 0.3) is 0 Å². The second-order valence-corrected chi connectivity index (χ2v) is 3.31. The molecule has 2 aromatic carbocycles. The fourth-order valence-corrected chi connectivity index (χ4v) is 1.62. The number of carbonyl (C=O) groups is 1. The van der Waals surface area contributed by atoms with Crippen LogP contribution in [-0.2, 0) is 4.79 Å². The van der Waals surface area contributed by atoms with Crippen molar-refractivity contribution in [2.45, 2.75) is 6.10 Å². The highest BCUT2D eigenvalue weighted by molar-refractivity contribution is 5.89. The maximum Gasteiger partial charge on any atom is 0.337 e. The van der Waals surface area contributed by atoms with Gasteiger partial charge >= 0.3 is 5.97 Å². The van der Waals surface area contributed by atoms with Crippen LogP contribution in [0.4, 0.5) is 0 Å². The van der Waals surface area contributed by atoms with Crippen molar-refractivity contribution in [1.82, 2.24) is 0 Å². The Balaban J connectivity index is 2.65. The molecule has 2 aromatic rings. The van der Waals surface area contributed by atoms with Crippen molar-refractivity contribution in [1.29, 1.82) is 0 Å². The summed E-state index contributed by atoms with van der Waals surface area (Å²) in [4.78, 5) is 10.7. The Morgan fingerprint density at radius 3 is 2.47 bits per heavy atom. The second-order valence-electron chi connectivity index (χ2n) is 3.31. The van der Waals surface area contributed by atoms with Gasteiger partial charge in [-0.1, -0.05) is 42.5 Å². The molecular formula is C12H10O3. The lowest BCUT2D eigenvalue weighted by Gasteiger charge is -2.09. The summed E-state index contributed by atoms with van der Waals surface area (Å²) in [5.74, 6) is -1.23. The van der Waals surface area contributed by atoms with E-state index in [-0.39, 0.29) is 0 Å². The number of carboxylic acid groups (broad SMARTS) is 1. The Kier molecular flexibility index (Phi) is 2.39. The molecule has 0 spiro atoms. The molecule has 0 saturated heterocycles. The summed E-state index contributed by atoms with van der Waals surface area (Å²) >= 11 is 0. The highest BCUT2D eigenvalue weighted by atomic mass is 16.4. The van der Waals surface area contributed by atoms with Gasteiger partial charge in [0.2, 0.25) is 0 Å². The second kappa shape index (κ2) is 3.71. The summed E-state index contributed by atoms with van der Waals surface area (Å²) in [6, 6.07) is 12.6. The van der Waals surface area contributed by atoms with E-state index in [4.69, 9.17) is 5.11 Å². The third-order valence-corrected chi connectivity index (χ3v) is 2.35. The van der Waals surface area contributed by atoms with E-state index in [1.165, 1.54) is 0 Å². The molecule has 0 aliphatic rings. The molecule has 0 aliphatic carbocycles. The lowest BCUT2D eigenvalue weighted by molar-refractivity contribution is -0.146. The predicted molar refractivity (Wildman–Crippen MR) is 56.5 cm³/mol. The zero-order valence-corrected chi connectivity index (χ0v) is 7.92. The van der Waals surface area contributed by atoms with Gasteiger partial charge in [-0.25, -0.2) is 4.79 Å². The minimum Gasteiger partial charge on any atom is -0.479 e. The topological polar surface area (TPSA) is 57.5 Å². The van der Waals surface area contributed by atoms with Crippen molar-refractivity contribution in [3.05, 3.63) is 48.0 Å². The Morgan fingerprint density at radius 1 is 1.07 bits per heavy atom. The van der Waals surface area contributed by atoms with Gasteiger partial charge in [-0.2, -0.15) is 0 Å². The van der Waals surface area contributed by atoms with Gasteiger partial charge in [0.05, 0.1) is 0 Å². The number of carboxylic acids is 1. The van der Waals surface area contributed by atoms with Gasteiger partial charge < -0.3 is 10.2 Å². The molecule has 2 N–H and O–H groups in total. The molecule has 76 valence electrons. The standard InChI is InChI=1S/C12H10O3/c13-11(12(14)15)10-7-3-5-8-4-1-2-6-9(8)10/h1-7,11,13H,(H,14,15). The summed E-state index contributed by atoms with van der Waals surface area (Å²) in [5.41, 5.74) is 0.431. The molecule has 0 aliphatic heterocycles. The molecule has 3 nitrogen and oxygen atoms in total. The molecule has 15 heavy (non-hydrogen) atoms. The highest BCUT2D eigenvalue weighted by Crippen LogP contribution is 2.24. The SMILES string of the molecule is O=C(O)C(O)c1cccc2ccccc12. The first-order chi connectivity index (χ1) is 7.20. The first-order valence-corrected chi connectivity index (χ1v) is 4.58. The van der Waals surface area contributed by atoms with Gasteiger partial charge in [-0.15, -0.1) is 0 Å². The smallest absolute Gasteiger partial charge is 0.337 e. The normalized spacial score (nSPS) is 12.6.